The summed E-state index contributed by atoms with van der Waals surface area (Å²) in [4.78, 5) is 18.4. The van der Waals surface area contributed by atoms with E-state index in [0.717, 1.165) is 21.6 Å². The third kappa shape index (κ3) is 3.28. The summed E-state index contributed by atoms with van der Waals surface area (Å²) in [6, 6.07) is 11.0. The molecule has 0 spiro atoms. The second-order valence-corrected chi connectivity index (χ2v) is 7.60. The number of likely N-dealkylation sites (tertiary alicyclic amines) is 1. The Labute approximate surface area is 160 Å². The zero-order valence-corrected chi connectivity index (χ0v) is 15.6. The average Bonchev–Trinajstić information content (AvgIpc) is 3.29. The molecule has 0 radical (unpaired) electrons. The van der Waals surface area contributed by atoms with Gasteiger partial charge in [-0.05, 0) is 43.2 Å². The molecular formula is C20H19FN2O3S. The molecule has 5 nitrogen and oxygen atoms in total. The third-order valence-corrected chi connectivity index (χ3v) is 6.03. The van der Waals surface area contributed by atoms with E-state index in [2.05, 4.69) is 0 Å². The van der Waals surface area contributed by atoms with Crippen molar-refractivity contribution in [2.24, 2.45) is 0 Å². The summed E-state index contributed by atoms with van der Waals surface area (Å²) in [6.45, 7) is 0.608. The van der Waals surface area contributed by atoms with E-state index in [-0.39, 0.29) is 5.82 Å². The molecule has 2 heterocycles. The number of carbonyl (C=O) groups is 1. The summed E-state index contributed by atoms with van der Waals surface area (Å²) in [5.41, 5.74) is 1.45. The van der Waals surface area contributed by atoms with Crippen LogP contribution in [0.4, 0.5) is 4.39 Å². The number of ether oxygens (including phenoxy) is 1. The van der Waals surface area contributed by atoms with E-state index in [1.807, 2.05) is 29.2 Å². The second-order valence-electron chi connectivity index (χ2n) is 6.54. The molecule has 0 bridgehead atoms. The van der Waals surface area contributed by atoms with Crippen LogP contribution in [0.3, 0.4) is 0 Å². The topological polar surface area (TPSA) is 62.7 Å². The van der Waals surface area contributed by atoms with Gasteiger partial charge in [-0.25, -0.2) is 9.37 Å². The van der Waals surface area contributed by atoms with Gasteiger partial charge in [0.25, 0.3) is 0 Å². The van der Waals surface area contributed by atoms with Crippen LogP contribution in [0.5, 0.6) is 5.75 Å². The van der Waals surface area contributed by atoms with E-state index in [9.17, 15) is 14.3 Å². The summed E-state index contributed by atoms with van der Waals surface area (Å²) in [7, 11) is 1.53. The number of hydrogen-bond acceptors (Lipinski definition) is 5. The predicted molar refractivity (Wildman–Crippen MR) is 102 cm³/mol. The van der Waals surface area contributed by atoms with Gasteiger partial charge in [-0.15, -0.1) is 11.3 Å². The van der Waals surface area contributed by atoms with Crippen molar-refractivity contribution in [1.82, 2.24) is 9.88 Å². The molecule has 2 aromatic carbocycles. The Morgan fingerprint density at radius 2 is 2.19 bits per heavy atom. The highest BCUT2D eigenvalue weighted by Crippen LogP contribution is 2.41. The maximum absolute atomic E-state index is 14.1. The van der Waals surface area contributed by atoms with Gasteiger partial charge in [-0.1, -0.05) is 12.1 Å². The largest absolute Gasteiger partial charge is 0.496 e. The highest BCUT2D eigenvalue weighted by Gasteiger charge is 2.39. The number of carboxylic acid groups (broad SMARTS) is 1. The molecule has 2 atom stereocenters. The molecule has 3 aromatic rings. The molecule has 27 heavy (non-hydrogen) atoms. The van der Waals surface area contributed by atoms with Crippen molar-refractivity contribution in [3.05, 3.63) is 58.9 Å². The number of aliphatic carboxylic acids is 1. The fourth-order valence-electron chi connectivity index (χ4n) is 3.74. The van der Waals surface area contributed by atoms with Crippen molar-refractivity contribution >= 4 is 27.5 Å². The standard InChI is InChI=1S/C20H19FN2O3S/c1-26-16-9-8-12(21)11-13(16)18(23-10-4-6-15(23)20(24)25)19-22-14-5-2-3-7-17(14)27-19/h2-3,5,7-9,11,15,18H,4,6,10H2,1H3,(H,24,25). The number of nitrogens with zero attached hydrogens (tertiary/aromatic N) is 2. The van der Waals surface area contributed by atoms with Crippen LogP contribution in [0.15, 0.2) is 42.5 Å². The molecule has 0 saturated carbocycles. The number of fused-ring (bicyclic) bond motifs is 1. The summed E-state index contributed by atoms with van der Waals surface area (Å²) >= 11 is 1.50. The predicted octanol–water partition coefficient (Wildman–Crippen LogP) is 4.08. The lowest BCUT2D eigenvalue weighted by atomic mass is 10.0. The van der Waals surface area contributed by atoms with E-state index in [0.29, 0.717) is 24.3 Å². The minimum Gasteiger partial charge on any atom is -0.496 e. The number of aromatic nitrogens is 1. The smallest absolute Gasteiger partial charge is 0.320 e. The van der Waals surface area contributed by atoms with Crippen molar-refractivity contribution in [1.29, 1.82) is 0 Å². The normalized spacial score (nSPS) is 18.7. The molecule has 1 aliphatic rings. The first-order valence-electron chi connectivity index (χ1n) is 8.76. The number of carboxylic acids is 1. The lowest BCUT2D eigenvalue weighted by molar-refractivity contribution is -0.142. The number of methoxy groups -OCH3 is 1. The van der Waals surface area contributed by atoms with Gasteiger partial charge in [-0.2, -0.15) is 0 Å². The van der Waals surface area contributed by atoms with Crippen LogP contribution in [0, 0.1) is 5.82 Å². The first kappa shape index (κ1) is 17.9. The van der Waals surface area contributed by atoms with Gasteiger partial charge in [-0.3, -0.25) is 9.69 Å². The fourth-order valence-corrected chi connectivity index (χ4v) is 4.85. The first-order chi connectivity index (χ1) is 13.1. The molecule has 1 aliphatic heterocycles. The minimum atomic E-state index is -0.867. The number of rotatable bonds is 5. The molecule has 0 amide bonds. The molecule has 2 unspecified atom stereocenters. The van der Waals surface area contributed by atoms with Crippen molar-refractivity contribution in [3.63, 3.8) is 0 Å². The lowest BCUT2D eigenvalue weighted by Gasteiger charge is -2.31. The molecular weight excluding hydrogens is 367 g/mol. The maximum atomic E-state index is 14.1. The minimum absolute atomic E-state index is 0.386. The first-order valence-corrected chi connectivity index (χ1v) is 9.57. The van der Waals surface area contributed by atoms with Gasteiger partial charge in [0.1, 0.15) is 22.6 Å². The van der Waals surface area contributed by atoms with Crippen LogP contribution in [-0.2, 0) is 4.79 Å². The van der Waals surface area contributed by atoms with Crippen molar-refractivity contribution < 1.29 is 19.0 Å². The maximum Gasteiger partial charge on any atom is 0.320 e. The van der Waals surface area contributed by atoms with Gasteiger partial charge in [0.2, 0.25) is 0 Å². The van der Waals surface area contributed by atoms with E-state index in [1.165, 1.54) is 30.6 Å². The van der Waals surface area contributed by atoms with Gasteiger partial charge >= 0.3 is 5.97 Å². The molecule has 1 aromatic heterocycles. The number of hydrogen-bond donors (Lipinski definition) is 1. The van der Waals surface area contributed by atoms with Crippen LogP contribution in [-0.4, -0.2) is 40.7 Å². The third-order valence-electron chi connectivity index (χ3n) is 4.94. The number of halogens is 1. The molecule has 0 aliphatic carbocycles. The SMILES string of the molecule is COc1ccc(F)cc1C(c1nc2ccccc2s1)N1CCCC1C(=O)O. The van der Waals surface area contributed by atoms with Gasteiger partial charge in [0.15, 0.2) is 0 Å². The Bertz CT molecular complexity index is 957. The van der Waals surface area contributed by atoms with Crippen LogP contribution in [0.2, 0.25) is 0 Å². The highest BCUT2D eigenvalue weighted by atomic mass is 32.1. The van der Waals surface area contributed by atoms with Crippen LogP contribution < -0.4 is 4.74 Å². The lowest BCUT2D eigenvalue weighted by Crippen LogP contribution is -2.39. The number of thiazole rings is 1. The Morgan fingerprint density at radius 3 is 2.93 bits per heavy atom. The number of benzene rings is 2. The summed E-state index contributed by atoms with van der Waals surface area (Å²) < 4.78 is 20.6. The fraction of sp³-hybridized carbons (Fsp3) is 0.300. The van der Waals surface area contributed by atoms with Gasteiger partial charge in [0.05, 0.1) is 23.4 Å². The van der Waals surface area contributed by atoms with E-state index in [1.54, 1.807) is 6.07 Å². The molecule has 4 rings (SSSR count). The van der Waals surface area contributed by atoms with Crippen molar-refractivity contribution in [2.75, 3.05) is 13.7 Å². The zero-order chi connectivity index (χ0) is 19.0. The molecule has 1 saturated heterocycles. The van der Waals surface area contributed by atoms with Gasteiger partial charge in [0, 0.05) is 12.1 Å². The van der Waals surface area contributed by atoms with Crippen LogP contribution in [0.1, 0.15) is 29.5 Å². The summed E-state index contributed by atoms with van der Waals surface area (Å²) in [5, 5.41) is 10.4. The summed E-state index contributed by atoms with van der Waals surface area (Å²) in [5.74, 6) is -0.728. The Morgan fingerprint density at radius 1 is 1.37 bits per heavy atom. The molecule has 7 heteroatoms. The monoisotopic (exact) mass is 386 g/mol. The highest BCUT2D eigenvalue weighted by molar-refractivity contribution is 7.18. The Hall–Kier alpha value is -2.51. The molecule has 1 fully saturated rings. The van der Waals surface area contributed by atoms with Crippen molar-refractivity contribution in [3.8, 4) is 5.75 Å². The molecule has 1 N–H and O–H groups in total. The van der Waals surface area contributed by atoms with E-state index >= 15 is 0 Å². The zero-order valence-electron chi connectivity index (χ0n) is 14.8. The second kappa shape index (κ2) is 7.25. The van der Waals surface area contributed by atoms with Gasteiger partial charge < -0.3 is 9.84 Å². The van der Waals surface area contributed by atoms with E-state index < -0.39 is 18.1 Å². The average molecular weight is 386 g/mol. The summed E-state index contributed by atoms with van der Waals surface area (Å²) in [6.07, 6.45) is 1.34. The quantitative estimate of drug-likeness (QED) is 0.716. The number of para-hydroxylation sites is 1. The van der Waals surface area contributed by atoms with E-state index in [4.69, 9.17) is 9.72 Å². The van der Waals surface area contributed by atoms with Crippen LogP contribution >= 0.6 is 11.3 Å². The Balaban J connectivity index is 1.90. The molecule has 140 valence electrons. The van der Waals surface area contributed by atoms with Crippen LogP contribution in [0.25, 0.3) is 10.2 Å². The van der Waals surface area contributed by atoms with Crippen molar-refractivity contribution in [2.45, 2.75) is 24.9 Å². The Kier molecular flexibility index (Phi) is 4.80.